The molecule has 0 bridgehead atoms. The van der Waals surface area contributed by atoms with Crippen molar-refractivity contribution in [3.8, 4) is 11.3 Å². The van der Waals surface area contributed by atoms with Gasteiger partial charge in [0.1, 0.15) is 11.5 Å². The Labute approximate surface area is 141 Å². The lowest BCUT2D eigenvalue weighted by Crippen LogP contribution is -2.36. The molecular weight excluding hydrogens is 308 g/mol. The number of aryl methyl sites for hydroxylation is 2. The Morgan fingerprint density at radius 2 is 2.00 bits per heavy atom. The fourth-order valence-corrected chi connectivity index (χ4v) is 3.00. The highest BCUT2D eigenvalue weighted by molar-refractivity contribution is 5.64. The van der Waals surface area contributed by atoms with Crippen LogP contribution in [-0.2, 0) is 11.2 Å². The van der Waals surface area contributed by atoms with E-state index in [-0.39, 0.29) is 10.6 Å². The van der Waals surface area contributed by atoms with Crippen LogP contribution < -0.4 is 0 Å². The molecule has 1 aromatic heterocycles. The van der Waals surface area contributed by atoms with Gasteiger partial charge in [-0.05, 0) is 43.7 Å². The Morgan fingerprint density at radius 3 is 2.71 bits per heavy atom. The lowest BCUT2D eigenvalue weighted by Gasteiger charge is -2.26. The molecular formula is C18H22N2O4. The summed E-state index contributed by atoms with van der Waals surface area (Å²) in [5.41, 5.74) is 1.85. The number of hydrogen-bond donors (Lipinski definition) is 0. The Bertz CT molecular complexity index is 705. The molecule has 0 unspecified atom stereocenters. The van der Waals surface area contributed by atoms with Crippen LogP contribution in [0.15, 0.2) is 34.7 Å². The third-order valence-corrected chi connectivity index (χ3v) is 4.35. The molecule has 0 N–H and O–H groups in total. The van der Waals surface area contributed by atoms with Crippen molar-refractivity contribution in [2.75, 3.05) is 32.8 Å². The van der Waals surface area contributed by atoms with Crippen LogP contribution in [0.5, 0.6) is 0 Å². The van der Waals surface area contributed by atoms with E-state index in [0.29, 0.717) is 0 Å². The zero-order chi connectivity index (χ0) is 16.9. The predicted molar refractivity (Wildman–Crippen MR) is 91.1 cm³/mol. The second-order valence-corrected chi connectivity index (χ2v) is 6.08. The summed E-state index contributed by atoms with van der Waals surface area (Å²) in [7, 11) is 0. The third-order valence-electron chi connectivity index (χ3n) is 4.35. The van der Waals surface area contributed by atoms with E-state index in [9.17, 15) is 10.1 Å². The van der Waals surface area contributed by atoms with Gasteiger partial charge in [0, 0.05) is 37.2 Å². The molecule has 0 atom stereocenters. The van der Waals surface area contributed by atoms with Crippen LogP contribution in [0.4, 0.5) is 5.69 Å². The molecule has 1 fully saturated rings. The number of hydrogen-bond acceptors (Lipinski definition) is 5. The van der Waals surface area contributed by atoms with Gasteiger partial charge in [-0.25, -0.2) is 0 Å². The van der Waals surface area contributed by atoms with Crippen molar-refractivity contribution in [1.82, 2.24) is 4.90 Å². The first kappa shape index (κ1) is 16.7. The number of furan rings is 1. The zero-order valence-corrected chi connectivity index (χ0v) is 13.9. The minimum atomic E-state index is -0.379. The van der Waals surface area contributed by atoms with Gasteiger partial charge in [-0.3, -0.25) is 15.0 Å². The van der Waals surface area contributed by atoms with Crippen molar-refractivity contribution in [3.63, 3.8) is 0 Å². The first-order valence-corrected chi connectivity index (χ1v) is 8.28. The molecule has 128 valence electrons. The summed E-state index contributed by atoms with van der Waals surface area (Å²) in [6.07, 6.45) is 1.94. The maximum Gasteiger partial charge on any atom is 0.269 e. The highest BCUT2D eigenvalue weighted by Crippen LogP contribution is 2.28. The monoisotopic (exact) mass is 330 g/mol. The number of morpholine rings is 1. The minimum Gasteiger partial charge on any atom is -0.461 e. The van der Waals surface area contributed by atoms with Gasteiger partial charge >= 0.3 is 0 Å². The van der Waals surface area contributed by atoms with Crippen LogP contribution >= 0.6 is 0 Å². The summed E-state index contributed by atoms with van der Waals surface area (Å²) in [6, 6.07) is 8.79. The van der Waals surface area contributed by atoms with E-state index in [1.165, 1.54) is 6.07 Å². The van der Waals surface area contributed by atoms with Gasteiger partial charge in [0.15, 0.2) is 0 Å². The fourth-order valence-electron chi connectivity index (χ4n) is 3.00. The molecule has 0 radical (unpaired) electrons. The maximum absolute atomic E-state index is 10.8. The van der Waals surface area contributed by atoms with Crippen LogP contribution in [0.25, 0.3) is 11.3 Å². The second kappa shape index (κ2) is 7.59. The largest absolute Gasteiger partial charge is 0.461 e. The molecule has 1 aliphatic heterocycles. The Balaban J connectivity index is 1.59. The lowest BCUT2D eigenvalue weighted by molar-refractivity contribution is -0.384. The molecule has 0 aliphatic carbocycles. The van der Waals surface area contributed by atoms with Crippen LogP contribution in [0.2, 0.25) is 0 Å². The summed E-state index contributed by atoms with van der Waals surface area (Å²) >= 11 is 0. The normalized spacial score (nSPS) is 15.5. The van der Waals surface area contributed by atoms with E-state index in [2.05, 4.69) is 4.90 Å². The molecule has 0 amide bonds. The van der Waals surface area contributed by atoms with Gasteiger partial charge in [-0.1, -0.05) is 0 Å². The van der Waals surface area contributed by atoms with Crippen molar-refractivity contribution in [2.24, 2.45) is 0 Å². The summed E-state index contributed by atoms with van der Waals surface area (Å²) in [5, 5.41) is 10.8. The van der Waals surface area contributed by atoms with Crippen LogP contribution in [-0.4, -0.2) is 42.7 Å². The number of rotatable bonds is 6. The highest BCUT2D eigenvalue weighted by Gasteiger charge is 2.13. The quantitative estimate of drug-likeness (QED) is 0.599. The van der Waals surface area contributed by atoms with Crippen molar-refractivity contribution in [3.05, 3.63) is 51.8 Å². The van der Waals surface area contributed by atoms with Gasteiger partial charge in [0.05, 0.1) is 18.1 Å². The number of nitrogens with zero attached hydrogens (tertiary/aromatic N) is 2. The van der Waals surface area contributed by atoms with Gasteiger partial charge in [0.2, 0.25) is 0 Å². The number of ether oxygens (including phenoxy) is 1. The summed E-state index contributed by atoms with van der Waals surface area (Å²) in [4.78, 5) is 12.9. The molecule has 0 saturated carbocycles. The molecule has 0 spiro atoms. The van der Waals surface area contributed by atoms with Crippen molar-refractivity contribution in [1.29, 1.82) is 0 Å². The summed E-state index contributed by atoms with van der Waals surface area (Å²) in [5.74, 6) is 1.72. The molecule has 2 aromatic rings. The van der Waals surface area contributed by atoms with Gasteiger partial charge in [-0.2, -0.15) is 0 Å². The SMILES string of the molecule is Cc1cc([N+](=O)[O-])ccc1-c1ccc(CCCN2CCOCC2)o1. The van der Waals surface area contributed by atoms with E-state index >= 15 is 0 Å². The first-order chi connectivity index (χ1) is 11.6. The topological polar surface area (TPSA) is 68.8 Å². The number of benzene rings is 1. The van der Waals surface area contributed by atoms with E-state index < -0.39 is 0 Å². The lowest BCUT2D eigenvalue weighted by atomic mass is 10.1. The molecule has 6 nitrogen and oxygen atoms in total. The second-order valence-electron chi connectivity index (χ2n) is 6.08. The van der Waals surface area contributed by atoms with Crippen LogP contribution in [0.1, 0.15) is 17.7 Å². The van der Waals surface area contributed by atoms with Crippen molar-refractivity contribution >= 4 is 5.69 Å². The third kappa shape index (κ3) is 4.01. The van der Waals surface area contributed by atoms with E-state index in [4.69, 9.17) is 9.15 Å². The van der Waals surface area contributed by atoms with Gasteiger partial charge in [0.25, 0.3) is 5.69 Å². The van der Waals surface area contributed by atoms with E-state index in [1.54, 1.807) is 12.1 Å². The number of non-ortho nitro benzene ring substituents is 1. The predicted octanol–water partition coefficient (Wildman–Crippen LogP) is 3.43. The fraction of sp³-hybridized carbons (Fsp3) is 0.444. The highest BCUT2D eigenvalue weighted by atomic mass is 16.6. The molecule has 1 aliphatic rings. The van der Waals surface area contributed by atoms with Crippen molar-refractivity contribution < 1.29 is 14.1 Å². The summed E-state index contributed by atoms with van der Waals surface area (Å²) in [6.45, 7) is 6.57. The number of nitro benzene ring substituents is 1. The molecule has 3 rings (SSSR count). The minimum absolute atomic E-state index is 0.105. The standard InChI is InChI=1S/C18H22N2O4/c1-14-13-15(20(21)22)4-6-17(14)18-7-5-16(24-18)3-2-8-19-9-11-23-12-10-19/h4-7,13H,2-3,8-12H2,1H3. The molecule has 2 heterocycles. The zero-order valence-electron chi connectivity index (χ0n) is 13.9. The summed E-state index contributed by atoms with van der Waals surface area (Å²) < 4.78 is 11.3. The van der Waals surface area contributed by atoms with Gasteiger partial charge in [-0.15, -0.1) is 0 Å². The van der Waals surface area contributed by atoms with Crippen LogP contribution in [0.3, 0.4) is 0 Å². The Hall–Kier alpha value is -2.18. The first-order valence-electron chi connectivity index (χ1n) is 8.28. The van der Waals surface area contributed by atoms with Crippen molar-refractivity contribution in [2.45, 2.75) is 19.8 Å². The van der Waals surface area contributed by atoms with E-state index in [0.717, 1.165) is 68.3 Å². The smallest absolute Gasteiger partial charge is 0.269 e. The van der Waals surface area contributed by atoms with Crippen LogP contribution in [0, 0.1) is 17.0 Å². The average molecular weight is 330 g/mol. The van der Waals surface area contributed by atoms with Gasteiger partial charge < -0.3 is 9.15 Å². The molecule has 1 saturated heterocycles. The Kier molecular flexibility index (Phi) is 5.27. The maximum atomic E-state index is 10.8. The average Bonchev–Trinajstić information content (AvgIpc) is 3.04. The molecule has 1 aromatic carbocycles. The number of nitro groups is 1. The molecule has 6 heteroatoms. The Morgan fingerprint density at radius 1 is 1.21 bits per heavy atom. The van der Waals surface area contributed by atoms with E-state index in [1.807, 2.05) is 19.1 Å². The molecule has 24 heavy (non-hydrogen) atoms.